The number of hydrogen-bond donors (Lipinski definition) is 2. The molecule has 2 heterocycles. The first-order chi connectivity index (χ1) is 12.7. The molecule has 3 rings (SSSR count). The molecule has 0 spiro atoms. The molecule has 0 atom stereocenters. The number of nitrogens with zero attached hydrogens (tertiary/aromatic N) is 2. The van der Waals surface area contributed by atoms with Crippen LogP contribution < -0.4 is 5.32 Å². The van der Waals surface area contributed by atoms with E-state index in [4.69, 9.17) is 0 Å². The molecule has 0 aliphatic carbocycles. The van der Waals surface area contributed by atoms with Gasteiger partial charge in [0.2, 0.25) is 0 Å². The number of hydrogen-bond acceptors (Lipinski definition) is 3. The summed E-state index contributed by atoms with van der Waals surface area (Å²) >= 11 is 0. The number of amides is 1. The van der Waals surface area contributed by atoms with Gasteiger partial charge in [0.05, 0.1) is 0 Å². The molecule has 10 heteroatoms. The molecule has 27 heavy (non-hydrogen) atoms. The highest BCUT2D eigenvalue weighted by atomic mass is 19.4. The van der Waals surface area contributed by atoms with Crippen LogP contribution in [-0.2, 0) is 6.18 Å². The second-order valence-electron chi connectivity index (χ2n) is 5.55. The number of nitrogens with one attached hydrogen (secondary N) is 2. The molecule has 140 valence electrons. The van der Waals surface area contributed by atoms with Gasteiger partial charge in [0.15, 0.2) is 5.69 Å². The number of aryl methyl sites for hydroxylation is 1. The Bertz CT molecular complexity index is 975. The van der Waals surface area contributed by atoms with Gasteiger partial charge in [0.25, 0.3) is 5.91 Å². The Morgan fingerprint density at radius 3 is 2.33 bits per heavy atom. The van der Waals surface area contributed by atoms with E-state index in [-0.39, 0.29) is 22.6 Å². The molecule has 0 radical (unpaired) electrons. The normalized spacial score (nSPS) is 11.5. The lowest BCUT2D eigenvalue weighted by atomic mass is 10.1. The molecule has 0 fully saturated rings. The molecule has 1 amide bonds. The van der Waals surface area contributed by atoms with Gasteiger partial charge in [0.1, 0.15) is 23.0 Å². The van der Waals surface area contributed by atoms with E-state index >= 15 is 0 Å². The summed E-state index contributed by atoms with van der Waals surface area (Å²) in [6.07, 6.45) is -3.56. The van der Waals surface area contributed by atoms with Crippen LogP contribution in [0.2, 0.25) is 0 Å². The molecule has 0 saturated carbocycles. The standard InChI is InChI=1S/C17H11F5N4O/c1-8-13(15(26-25-8)17(20,21)22)9-5-6-12(23-7-9)24-16(27)14-10(18)3-2-4-11(14)19/h2-7H,1H3,(H,25,26)(H,23,24,27). The first-order valence-electron chi connectivity index (χ1n) is 7.52. The zero-order valence-corrected chi connectivity index (χ0v) is 13.7. The maximum absolute atomic E-state index is 13.6. The molecule has 3 aromatic rings. The van der Waals surface area contributed by atoms with E-state index in [1.165, 1.54) is 19.1 Å². The second kappa shape index (κ2) is 6.78. The second-order valence-corrected chi connectivity index (χ2v) is 5.55. The van der Waals surface area contributed by atoms with Crippen LogP contribution in [0.15, 0.2) is 36.5 Å². The summed E-state index contributed by atoms with van der Waals surface area (Å²) in [6, 6.07) is 5.47. The number of benzene rings is 1. The molecule has 0 aliphatic rings. The van der Waals surface area contributed by atoms with Gasteiger partial charge >= 0.3 is 6.18 Å². The van der Waals surface area contributed by atoms with Crippen molar-refractivity contribution in [2.45, 2.75) is 13.1 Å². The van der Waals surface area contributed by atoms with Crippen molar-refractivity contribution < 1.29 is 26.7 Å². The zero-order valence-electron chi connectivity index (χ0n) is 13.7. The predicted octanol–water partition coefficient (Wildman–Crippen LogP) is 4.33. The topological polar surface area (TPSA) is 70.7 Å². The van der Waals surface area contributed by atoms with Crippen molar-refractivity contribution in [3.63, 3.8) is 0 Å². The lowest BCUT2D eigenvalue weighted by Crippen LogP contribution is -2.16. The molecule has 2 aromatic heterocycles. The van der Waals surface area contributed by atoms with Crippen LogP contribution in [-0.4, -0.2) is 21.1 Å². The lowest BCUT2D eigenvalue weighted by Gasteiger charge is -2.09. The molecular weight excluding hydrogens is 371 g/mol. The number of aromatic amines is 1. The molecule has 0 bridgehead atoms. The molecule has 1 aromatic carbocycles. The zero-order chi connectivity index (χ0) is 19.8. The Labute approximate surface area is 149 Å². The quantitative estimate of drug-likeness (QED) is 0.663. The molecule has 0 unspecified atom stereocenters. The smallest absolute Gasteiger partial charge is 0.306 e. The SMILES string of the molecule is Cc1[nH]nc(C(F)(F)F)c1-c1ccc(NC(=O)c2c(F)cccc2F)nc1. The van der Waals surface area contributed by atoms with E-state index in [2.05, 4.69) is 20.5 Å². The van der Waals surface area contributed by atoms with Gasteiger partial charge in [-0.25, -0.2) is 13.8 Å². The van der Waals surface area contributed by atoms with Crippen molar-refractivity contribution in [3.8, 4) is 11.1 Å². The summed E-state index contributed by atoms with van der Waals surface area (Å²) in [5, 5.41) is 7.73. The van der Waals surface area contributed by atoms with Crippen molar-refractivity contribution in [1.29, 1.82) is 0 Å². The summed E-state index contributed by atoms with van der Waals surface area (Å²) in [7, 11) is 0. The van der Waals surface area contributed by atoms with Crippen LogP contribution in [0.1, 0.15) is 21.7 Å². The number of rotatable bonds is 3. The van der Waals surface area contributed by atoms with Gasteiger partial charge in [-0.05, 0) is 31.2 Å². The van der Waals surface area contributed by atoms with Gasteiger partial charge in [-0.15, -0.1) is 0 Å². The number of alkyl halides is 3. The van der Waals surface area contributed by atoms with Crippen LogP contribution in [0.25, 0.3) is 11.1 Å². The third kappa shape index (κ3) is 3.64. The van der Waals surface area contributed by atoms with Gasteiger partial charge in [-0.1, -0.05) is 6.07 Å². The summed E-state index contributed by atoms with van der Waals surface area (Å²) < 4.78 is 66.3. The van der Waals surface area contributed by atoms with Crippen LogP contribution in [0.4, 0.5) is 27.8 Å². The van der Waals surface area contributed by atoms with Crippen LogP contribution in [0.3, 0.4) is 0 Å². The fraction of sp³-hybridized carbons (Fsp3) is 0.118. The molecule has 0 saturated heterocycles. The van der Waals surface area contributed by atoms with Gasteiger partial charge < -0.3 is 5.32 Å². The van der Waals surface area contributed by atoms with E-state index < -0.39 is 35.0 Å². The minimum absolute atomic E-state index is 0.0823. The highest BCUT2D eigenvalue weighted by Gasteiger charge is 2.37. The van der Waals surface area contributed by atoms with Crippen molar-refractivity contribution in [2.24, 2.45) is 0 Å². The highest BCUT2D eigenvalue weighted by molar-refractivity contribution is 6.04. The van der Waals surface area contributed by atoms with E-state index in [1.54, 1.807) is 0 Å². The first-order valence-corrected chi connectivity index (χ1v) is 7.52. The van der Waals surface area contributed by atoms with Gasteiger partial charge in [-0.3, -0.25) is 9.89 Å². The van der Waals surface area contributed by atoms with Gasteiger partial charge in [-0.2, -0.15) is 18.3 Å². The summed E-state index contributed by atoms with van der Waals surface area (Å²) in [5.41, 5.74) is -1.74. The Balaban J connectivity index is 1.87. The average molecular weight is 382 g/mol. The monoisotopic (exact) mass is 382 g/mol. The fourth-order valence-electron chi connectivity index (χ4n) is 2.50. The van der Waals surface area contributed by atoms with Crippen LogP contribution in [0.5, 0.6) is 0 Å². The largest absolute Gasteiger partial charge is 0.435 e. The maximum atomic E-state index is 13.6. The molecular formula is C17H11F5N4O. The van der Waals surface area contributed by atoms with Crippen molar-refractivity contribution in [3.05, 3.63) is 65.1 Å². The van der Waals surface area contributed by atoms with Gasteiger partial charge in [0, 0.05) is 23.0 Å². The summed E-state index contributed by atoms with van der Waals surface area (Å²) in [4.78, 5) is 15.9. The lowest BCUT2D eigenvalue weighted by molar-refractivity contribution is -0.140. The fourth-order valence-corrected chi connectivity index (χ4v) is 2.50. The average Bonchev–Trinajstić information content (AvgIpc) is 2.97. The predicted molar refractivity (Wildman–Crippen MR) is 85.9 cm³/mol. The molecule has 2 N–H and O–H groups in total. The van der Waals surface area contributed by atoms with Crippen molar-refractivity contribution in [1.82, 2.24) is 15.2 Å². The number of H-pyrrole nitrogens is 1. The Hall–Kier alpha value is -3.30. The van der Waals surface area contributed by atoms with Crippen molar-refractivity contribution >= 4 is 11.7 Å². The number of halogens is 5. The number of carbonyl (C=O) groups excluding carboxylic acids is 1. The molecule has 0 aliphatic heterocycles. The number of anilines is 1. The van der Waals surface area contributed by atoms with E-state index in [9.17, 15) is 26.7 Å². The van der Waals surface area contributed by atoms with Crippen LogP contribution >= 0.6 is 0 Å². The first kappa shape index (κ1) is 18.5. The minimum Gasteiger partial charge on any atom is -0.306 e. The number of carbonyl (C=O) groups is 1. The van der Waals surface area contributed by atoms with E-state index in [1.807, 2.05) is 0 Å². The summed E-state index contributed by atoms with van der Waals surface area (Å²) in [5.74, 6) is -3.25. The third-order valence-electron chi connectivity index (χ3n) is 3.70. The minimum atomic E-state index is -4.66. The Kier molecular flexibility index (Phi) is 4.64. The summed E-state index contributed by atoms with van der Waals surface area (Å²) in [6.45, 7) is 1.42. The highest BCUT2D eigenvalue weighted by Crippen LogP contribution is 2.37. The Morgan fingerprint density at radius 2 is 1.78 bits per heavy atom. The van der Waals surface area contributed by atoms with E-state index in [0.29, 0.717) is 0 Å². The maximum Gasteiger partial charge on any atom is 0.435 e. The number of pyridine rings is 1. The van der Waals surface area contributed by atoms with Crippen LogP contribution in [0, 0.1) is 18.6 Å². The third-order valence-corrected chi connectivity index (χ3v) is 3.70. The van der Waals surface area contributed by atoms with Crippen molar-refractivity contribution in [2.75, 3.05) is 5.32 Å². The Morgan fingerprint density at radius 1 is 1.11 bits per heavy atom. The number of aromatic nitrogens is 3. The van der Waals surface area contributed by atoms with E-state index in [0.717, 1.165) is 24.4 Å². The molecule has 5 nitrogen and oxygen atoms in total.